The molecule has 134 valence electrons. The molecule has 2 N–H and O–H groups in total. The number of nitrogens with one attached hydrogen (secondary N) is 2. The van der Waals surface area contributed by atoms with Gasteiger partial charge in [0.15, 0.2) is 5.11 Å². The lowest BCUT2D eigenvalue weighted by atomic mass is 10.1. The molecular formula is C18H23N3O3S. The maximum Gasteiger partial charge on any atom is 0.253 e. The molecule has 0 amide bonds. The van der Waals surface area contributed by atoms with Gasteiger partial charge in [-0.2, -0.15) is 0 Å². The van der Waals surface area contributed by atoms with Crippen LogP contribution in [0.5, 0.6) is 5.75 Å². The highest BCUT2D eigenvalue weighted by molar-refractivity contribution is 7.80. The van der Waals surface area contributed by atoms with E-state index < -0.39 is 0 Å². The molecule has 0 spiro atoms. The lowest BCUT2D eigenvalue weighted by molar-refractivity contribution is 0.0898. The molecule has 7 heteroatoms. The third-order valence-electron chi connectivity index (χ3n) is 4.44. The molecule has 1 aliphatic rings. The van der Waals surface area contributed by atoms with E-state index in [0.717, 1.165) is 36.1 Å². The van der Waals surface area contributed by atoms with Crippen molar-refractivity contribution in [3.8, 4) is 5.75 Å². The van der Waals surface area contributed by atoms with E-state index in [-0.39, 0.29) is 11.7 Å². The molecule has 0 radical (unpaired) electrons. The summed E-state index contributed by atoms with van der Waals surface area (Å²) < 4.78 is 11.0. The van der Waals surface area contributed by atoms with Crippen LogP contribution in [0.1, 0.15) is 18.4 Å². The molecule has 2 heterocycles. The van der Waals surface area contributed by atoms with Gasteiger partial charge in [-0.15, -0.1) is 0 Å². The van der Waals surface area contributed by atoms with E-state index in [1.54, 1.807) is 14.2 Å². The van der Waals surface area contributed by atoms with Gasteiger partial charge in [-0.25, -0.2) is 0 Å². The number of hydrogen-bond acceptors (Lipinski definition) is 4. The number of aromatic amines is 1. The third kappa shape index (κ3) is 4.11. The molecule has 1 fully saturated rings. The van der Waals surface area contributed by atoms with Crippen molar-refractivity contribution in [2.24, 2.45) is 0 Å². The van der Waals surface area contributed by atoms with Crippen LogP contribution in [-0.4, -0.2) is 48.4 Å². The summed E-state index contributed by atoms with van der Waals surface area (Å²) in [5, 5.41) is 4.55. The van der Waals surface area contributed by atoms with E-state index >= 15 is 0 Å². The van der Waals surface area contributed by atoms with Crippen molar-refractivity contribution in [3.63, 3.8) is 0 Å². The summed E-state index contributed by atoms with van der Waals surface area (Å²) in [6.07, 6.45) is 2.25. The minimum absolute atomic E-state index is 0.103. The zero-order valence-corrected chi connectivity index (χ0v) is 15.3. The molecule has 0 aliphatic carbocycles. The van der Waals surface area contributed by atoms with E-state index in [9.17, 15) is 4.79 Å². The number of aromatic nitrogens is 1. The van der Waals surface area contributed by atoms with Gasteiger partial charge in [0.05, 0.1) is 19.8 Å². The summed E-state index contributed by atoms with van der Waals surface area (Å²) in [6, 6.07) is 7.49. The minimum Gasteiger partial charge on any atom is -0.497 e. The highest BCUT2D eigenvalue weighted by atomic mass is 32.1. The summed E-state index contributed by atoms with van der Waals surface area (Å²) in [5.41, 5.74) is 1.35. The van der Waals surface area contributed by atoms with E-state index in [0.29, 0.717) is 23.8 Å². The van der Waals surface area contributed by atoms with E-state index in [4.69, 9.17) is 21.7 Å². The van der Waals surface area contributed by atoms with Crippen molar-refractivity contribution in [1.29, 1.82) is 0 Å². The van der Waals surface area contributed by atoms with Gasteiger partial charge in [0, 0.05) is 36.7 Å². The van der Waals surface area contributed by atoms with Crippen LogP contribution in [0.25, 0.3) is 10.9 Å². The van der Waals surface area contributed by atoms with Crippen LogP contribution in [0, 0.1) is 0 Å². The number of ether oxygens (including phenoxy) is 2. The van der Waals surface area contributed by atoms with Crippen molar-refractivity contribution >= 4 is 28.2 Å². The molecule has 0 unspecified atom stereocenters. The predicted molar refractivity (Wildman–Crippen MR) is 102 cm³/mol. The van der Waals surface area contributed by atoms with Crippen LogP contribution in [0.2, 0.25) is 0 Å². The van der Waals surface area contributed by atoms with Crippen molar-refractivity contribution in [1.82, 2.24) is 15.2 Å². The Morgan fingerprint density at radius 1 is 1.48 bits per heavy atom. The Morgan fingerprint density at radius 2 is 2.32 bits per heavy atom. The fourth-order valence-electron chi connectivity index (χ4n) is 3.09. The number of hydrogen-bond donors (Lipinski definition) is 2. The second kappa shape index (κ2) is 7.84. The van der Waals surface area contributed by atoms with E-state index in [1.807, 2.05) is 29.2 Å². The molecule has 6 nitrogen and oxygen atoms in total. The molecule has 1 atom stereocenters. The summed E-state index contributed by atoms with van der Waals surface area (Å²) >= 11 is 5.42. The second-order valence-corrected chi connectivity index (χ2v) is 6.53. The van der Waals surface area contributed by atoms with Crippen LogP contribution < -0.4 is 15.6 Å². The lowest BCUT2D eigenvalue weighted by Gasteiger charge is -2.27. The Hall–Kier alpha value is -2.12. The quantitative estimate of drug-likeness (QED) is 0.795. The molecule has 1 aromatic carbocycles. The first-order valence-corrected chi connectivity index (χ1v) is 8.79. The first-order valence-electron chi connectivity index (χ1n) is 8.39. The maximum atomic E-state index is 12.5. The van der Waals surface area contributed by atoms with Gasteiger partial charge in [0.1, 0.15) is 5.75 Å². The fraction of sp³-hybridized carbons (Fsp3) is 0.444. The van der Waals surface area contributed by atoms with Crippen LogP contribution >= 0.6 is 12.2 Å². The van der Waals surface area contributed by atoms with Crippen molar-refractivity contribution < 1.29 is 9.47 Å². The Labute approximate surface area is 152 Å². The highest BCUT2D eigenvalue weighted by Crippen LogP contribution is 2.20. The van der Waals surface area contributed by atoms with Crippen LogP contribution in [0.3, 0.4) is 0 Å². The zero-order valence-electron chi connectivity index (χ0n) is 14.5. The van der Waals surface area contributed by atoms with Gasteiger partial charge >= 0.3 is 0 Å². The third-order valence-corrected chi connectivity index (χ3v) is 4.90. The molecule has 1 aromatic heterocycles. The van der Waals surface area contributed by atoms with E-state index in [2.05, 4.69) is 10.3 Å². The zero-order chi connectivity index (χ0) is 17.8. The van der Waals surface area contributed by atoms with Crippen molar-refractivity contribution in [2.75, 3.05) is 27.3 Å². The molecule has 0 saturated carbocycles. The summed E-state index contributed by atoms with van der Waals surface area (Å²) in [7, 11) is 3.42. The Morgan fingerprint density at radius 3 is 3.00 bits per heavy atom. The average molecular weight is 361 g/mol. The van der Waals surface area contributed by atoms with Crippen LogP contribution in [0.15, 0.2) is 29.1 Å². The number of nitrogens with zero attached hydrogens (tertiary/aromatic N) is 1. The van der Waals surface area contributed by atoms with Gasteiger partial charge in [-0.1, -0.05) is 0 Å². The number of H-pyrrole nitrogens is 1. The first-order chi connectivity index (χ1) is 12.1. The number of benzene rings is 1. The minimum atomic E-state index is -0.103. The highest BCUT2D eigenvalue weighted by Gasteiger charge is 2.21. The number of methoxy groups -OCH3 is 1. The monoisotopic (exact) mass is 361 g/mol. The summed E-state index contributed by atoms with van der Waals surface area (Å²) in [6.45, 7) is 1.90. The Balaban J connectivity index is 1.88. The van der Waals surface area contributed by atoms with Crippen LogP contribution in [0.4, 0.5) is 0 Å². The van der Waals surface area contributed by atoms with Gasteiger partial charge < -0.3 is 24.7 Å². The molecule has 1 saturated heterocycles. The SMILES string of the molecule is CNC(=S)N(Cc1cc2cc(OC)ccc2[nH]c1=O)C[C@H]1CCCO1. The second-order valence-electron chi connectivity index (χ2n) is 6.15. The number of fused-ring (bicyclic) bond motifs is 1. The summed E-state index contributed by atoms with van der Waals surface area (Å²) in [5.74, 6) is 0.757. The van der Waals surface area contributed by atoms with E-state index in [1.165, 1.54) is 0 Å². The topological polar surface area (TPSA) is 66.6 Å². The number of rotatable bonds is 5. The maximum absolute atomic E-state index is 12.5. The van der Waals surface area contributed by atoms with Gasteiger partial charge in [-0.3, -0.25) is 4.79 Å². The van der Waals surface area contributed by atoms with Gasteiger partial charge in [0.2, 0.25) is 0 Å². The Kier molecular flexibility index (Phi) is 5.55. The smallest absolute Gasteiger partial charge is 0.253 e. The fourth-order valence-corrected chi connectivity index (χ4v) is 3.23. The number of thiocarbonyl (C=S) groups is 1. The van der Waals surface area contributed by atoms with Crippen molar-refractivity contribution in [3.05, 3.63) is 40.2 Å². The average Bonchev–Trinajstić information content (AvgIpc) is 3.13. The largest absolute Gasteiger partial charge is 0.497 e. The lowest BCUT2D eigenvalue weighted by Crippen LogP contribution is -2.42. The van der Waals surface area contributed by atoms with Crippen molar-refractivity contribution in [2.45, 2.75) is 25.5 Å². The Bertz CT molecular complexity index is 815. The molecule has 2 aromatic rings. The number of pyridine rings is 1. The van der Waals surface area contributed by atoms with Crippen LogP contribution in [-0.2, 0) is 11.3 Å². The predicted octanol–water partition coefficient (Wildman–Crippen LogP) is 2.02. The molecule has 0 bridgehead atoms. The summed E-state index contributed by atoms with van der Waals surface area (Å²) in [4.78, 5) is 17.4. The van der Waals surface area contributed by atoms with Gasteiger partial charge in [0.25, 0.3) is 5.56 Å². The van der Waals surface area contributed by atoms with Gasteiger partial charge in [-0.05, 0) is 49.3 Å². The normalized spacial score (nSPS) is 16.8. The first kappa shape index (κ1) is 17.7. The molecule has 1 aliphatic heterocycles. The standard InChI is InChI=1S/C18H23N3O3S/c1-19-18(25)21(11-15-4-3-7-24-15)10-13-8-12-9-14(23-2)5-6-16(12)20-17(13)22/h5-6,8-9,15H,3-4,7,10-11H2,1-2H3,(H,19,25)(H,20,22)/t15-/m1/s1. The molecular weight excluding hydrogens is 338 g/mol. The molecule has 3 rings (SSSR count). The molecule has 25 heavy (non-hydrogen) atoms.